The van der Waals surface area contributed by atoms with Crippen molar-refractivity contribution in [3.63, 3.8) is 0 Å². The van der Waals surface area contributed by atoms with Gasteiger partial charge in [-0.05, 0) is 44.4 Å². The maximum Gasteiger partial charge on any atom is 0.407 e. The highest BCUT2D eigenvalue weighted by Gasteiger charge is 2.47. The molecule has 4 amide bonds. The van der Waals surface area contributed by atoms with Crippen LogP contribution in [0, 0.1) is 11.3 Å². The molecule has 268 valence electrons. The molecular weight excluding hydrogens is 646 g/mol. The highest BCUT2D eigenvalue weighted by Crippen LogP contribution is 2.33. The predicted octanol–water partition coefficient (Wildman–Crippen LogP) is 4.31. The average molecular weight is 698 g/mol. The number of rotatable bonds is 11. The Hall–Kier alpha value is -3.62. The number of hydrogen-bond acceptors (Lipinski definition) is 9. The number of piperazine rings is 1. The van der Waals surface area contributed by atoms with Crippen molar-refractivity contribution in [1.29, 1.82) is 0 Å². The molecular formula is C35H51N7O6S. The van der Waals surface area contributed by atoms with E-state index in [0.717, 1.165) is 60.5 Å². The summed E-state index contributed by atoms with van der Waals surface area (Å²) in [6.07, 6.45) is 3.99. The number of fused-ring (bicyclic) bond motifs is 1. The normalized spacial score (nSPS) is 23.0. The average Bonchev–Trinajstić information content (AvgIpc) is 3.71. The molecule has 1 saturated carbocycles. The molecule has 3 heterocycles. The van der Waals surface area contributed by atoms with Crippen LogP contribution in [0.15, 0.2) is 30.3 Å². The number of amides is 4. The minimum atomic E-state index is -1.19. The highest BCUT2D eigenvalue weighted by atomic mass is 32.1. The molecule has 3 fully saturated rings. The van der Waals surface area contributed by atoms with Crippen molar-refractivity contribution in [3.05, 3.63) is 30.3 Å². The molecule has 5 atom stereocenters. The zero-order valence-corrected chi connectivity index (χ0v) is 30.1. The monoisotopic (exact) mass is 697 g/mol. The van der Waals surface area contributed by atoms with Gasteiger partial charge in [0.15, 0.2) is 0 Å². The summed E-state index contributed by atoms with van der Waals surface area (Å²) < 4.78 is 10.1. The Morgan fingerprint density at radius 3 is 2.45 bits per heavy atom. The third-order valence-corrected chi connectivity index (χ3v) is 10.5. The van der Waals surface area contributed by atoms with Gasteiger partial charge in [0.05, 0.1) is 6.10 Å². The lowest BCUT2D eigenvalue weighted by atomic mass is 9.82. The third kappa shape index (κ3) is 8.95. The molecule has 0 unspecified atom stereocenters. The van der Waals surface area contributed by atoms with Crippen LogP contribution in [0.1, 0.15) is 73.1 Å². The Morgan fingerprint density at radius 1 is 1.08 bits per heavy atom. The van der Waals surface area contributed by atoms with Crippen LogP contribution in [0.4, 0.5) is 9.80 Å². The fourth-order valence-corrected chi connectivity index (χ4v) is 8.02. The Labute approximate surface area is 292 Å². The number of carbonyl (C=O) groups excluding carboxylic acids is 3. The number of anilines is 1. The molecule has 1 aliphatic carbocycles. The number of carboxylic acid groups (broad SMARTS) is 1. The van der Waals surface area contributed by atoms with E-state index in [4.69, 9.17) is 4.74 Å². The minimum absolute atomic E-state index is 0.00338. The first-order valence-corrected chi connectivity index (χ1v) is 18.3. The Morgan fingerprint density at radius 2 is 1.80 bits per heavy atom. The molecule has 0 spiro atoms. The third-order valence-electron chi connectivity index (χ3n) is 9.86. The number of ether oxygens (including phenoxy) is 1. The van der Waals surface area contributed by atoms with Crippen molar-refractivity contribution in [2.24, 2.45) is 11.3 Å². The van der Waals surface area contributed by atoms with E-state index in [0.29, 0.717) is 36.9 Å². The molecule has 2 aliphatic heterocycles. The Balaban J connectivity index is 1.43. The number of nitrogens with zero attached hydrogens (tertiary/aromatic N) is 5. The number of nitrogens with one attached hydrogen (secondary N) is 2. The van der Waals surface area contributed by atoms with Crippen molar-refractivity contribution in [2.75, 3.05) is 38.1 Å². The van der Waals surface area contributed by atoms with Crippen molar-refractivity contribution in [3.8, 4) is 11.3 Å². The first kappa shape index (κ1) is 36.7. The van der Waals surface area contributed by atoms with Gasteiger partial charge in [0.25, 0.3) is 0 Å². The van der Waals surface area contributed by atoms with E-state index in [2.05, 4.69) is 25.1 Å². The SMILES string of the molecule is CCO[C@@H]1C[C@@H]2CN(C(=O)[C@@H](NC(=O)[C@H](C)N(CC(C)(C)C)C(=O)O)C3CCCCC3)[C@H](C(=O)Nc3snnc3-c3ccccc3)CN2C1. The smallest absolute Gasteiger partial charge is 0.407 e. The molecule has 0 radical (unpaired) electrons. The van der Waals surface area contributed by atoms with Crippen molar-refractivity contribution in [1.82, 2.24) is 29.6 Å². The Bertz CT molecular complexity index is 1460. The standard InChI is InChI=1S/C35H51N7O6S/c1-6-48-26-17-25-18-41(27(20-40(25)19-26)31(44)37-32-28(38-39-49-32)23-13-9-7-10-14-23)33(45)29(24-15-11-8-12-16-24)36-30(43)22(2)42(34(46)47)21-35(3,4)5/h7,9-10,13-14,22,24-27,29H,6,8,11-12,15-21H2,1-5H3,(H,36,43)(H,37,44)(H,46,47)/t22-,25+,26+,27-,29-/m0/s1. The number of aromatic nitrogens is 2. The van der Waals surface area contributed by atoms with E-state index < -0.39 is 30.1 Å². The minimum Gasteiger partial charge on any atom is -0.465 e. The molecule has 5 rings (SSSR count). The second-order valence-electron chi connectivity index (χ2n) is 14.8. The lowest BCUT2D eigenvalue weighted by molar-refractivity contribution is -0.148. The van der Waals surface area contributed by atoms with Gasteiger partial charge in [-0.1, -0.05) is 74.9 Å². The summed E-state index contributed by atoms with van der Waals surface area (Å²) >= 11 is 1.08. The topological polar surface area (TPSA) is 157 Å². The number of benzene rings is 1. The second kappa shape index (κ2) is 15.9. The summed E-state index contributed by atoms with van der Waals surface area (Å²) in [5.41, 5.74) is 1.00. The van der Waals surface area contributed by atoms with E-state index in [1.54, 1.807) is 11.8 Å². The van der Waals surface area contributed by atoms with E-state index in [9.17, 15) is 24.3 Å². The summed E-state index contributed by atoms with van der Waals surface area (Å²) in [5, 5.41) is 20.8. The van der Waals surface area contributed by atoms with Gasteiger partial charge in [0.1, 0.15) is 28.8 Å². The summed E-state index contributed by atoms with van der Waals surface area (Å²) in [6, 6.07) is 6.75. The van der Waals surface area contributed by atoms with Crippen molar-refractivity contribution < 1.29 is 29.0 Å². The molecule has 0 bridgehead atoms. The van der Waals surface area contributed by atoms with Gasteiger partial charge in [-0.15, -0.1) is 5.10 Å². The summed E-state index contributed by atoms with van der Waals surface area (Å²) in [7, 11) is 0. The number of carbonyl (C=O) groups is 4. The fourth-order valence-electron chi connectivity index (χ4n) is 7.43. The summed E-state index contributed by atoms with van der Waals surface area (Å²) in [5.74, 6) is -1.30. The quantitative estimate of drug-likeness (QED) is 0.311. The summed E-state index contributed by atoms with van der Waals surface area (Å²) in [6.45, 7) is 11.3. The van der Waals surface area contributed by atoms with E-state index in [1.807, 2.05) is 58.0 Å². The molecule has 49 heavy (non-hydrogen) atoms. The maximum absolute atomic E-state index is 14.8. The molecule has 14 heteroatoms. The lowest BCUT2D eigenvalue weighted by Gasteiger charge is -2.45. The van der Waals surface area contributed by atoms with Crippen LogP contribution in [-0.4, -0.2) is 116 Å². The van der Waals surface area contributed by atoms with Gasteiger partial charge < -0.3 is 25.4 Å². The molecule has 2 saturated heterocycles. The van der Waals surface area contributed by atoms with Gasteiger partial charge in [-0.25, -0.2) is 4.79 Å². The second-order valence-corrected chi connectivity index (χ2v) is 15.5. The summed E-state index contributed by atoms with van der Waals surface area (Å²) in [4.78, 5) is 60.1. The Kier molecular flexibility index (Phi) is 11.9. The molecule has 13 nitrogen and oxygen atoms in total. The first-order valence-electron chi connectivity index (χ1n) is 17.5. The predicted molar refractivity (Wildman–Crippen MR) is 187 cm³/mol. The fraction of sp³-hybridized carbons (Fsp3) is 0.657. The molecule has 1 aromatic carbocycles. The molecule has 1 aromatic heterocycles. The zero-order valence-electron chi connectivity index (χ0n) is 29.3. The van der Waals surface area contributed by atoms with Crippen molar-refractivity contribution >= 4 is 40.3 Å². The van der Waals surface area contributed by atoms with Crippen LogP contribution in [0.25, 0.3) is 11.3 Å². The molecule has 3 aliphatic rings. The van der Waals surface area contributed by atoms with Gasteiger partial charge >= 0.3 is 6.09 Å². The lowest BCUT2D eigenvalue weighted by Crippen LogP contribution is -2.66. The van der Waals surface area contributed by atoms with Gasteiger partial charge in [-0.3, -0.25) is 24.2 Å². The van der Waals surface area contributed by atoms with Crippen LogP contribution in [0.2, 0.25) is 0 Å². The van der Waals surface area contributed by atoms with Crippen LogP contribution < -0.4 is 10.6 Å². The van der Waals surface area contributed by atoms with Crippen LogP contribution in [-0.2, 0) is 19.1 Å². The van der Waals surface area contributed by atoms with Crippen LogP contribution in [0.5, 0.6) is 0 Å². The molecule has 3 N–H and O–H groups in total. The van der Waals surface area contributed by atoms with E-state index in [-0.39, 0.29) is 41.8 Å². The van der Waals surface area contributed by atoms with Gasteiger partial charge in [0.2, 0.25) is 17.7 Å². The number of hydrogen-bond donors (Lipinski definition) is 3. The molecule has 2 aromatic rings. The zero-order chi connectivity index (χ0) is 35.3. The maximum atomic E-state index is 14.8. The van der Waals surface area contributed by atoms with Crippen molar-refractivity contribution in [2.45, 2.75) is 103 Å². The van der Waals surface area contributed by atoms with Crippen LogP contribution in [0.3, 0.4) is 0 Å². The van der Waals surface area contributed by atoms with Crippen LogP contribution >= 0.6 is 11.5 Å². The van der Waals surface area contributed by atoms with E-state index in [1.165, 1.54) is 0 Å². The van der Waals surface area contributed by atoms with Gasteiger partial charge in [-0.2, -0.15) is 0 Å². The largest absolute Gasteiger partial charge is 0.465 e. The van der Waals surface area contributed by atoms with Gasteiger partial charge in [0, 0.05) is 55.9 Å². The highest BCUT2D eigenvalue weighted by molar-refractivity contribution is 7.10. The van der Waals surface area contributed by atoms with E-state index >= 15 is 0 Å². The first-order chi connectivity index (χ1) is 23.4.